The van der Waals surface area contributed by atoms with Crippen LogP contribution in [0.2, 0.25) is 0 Å². The Hall–Kier alpha value is -2.42. The quantitative estimate of drug-likeness (QED) is 0.406. The lowest BCUT2D eigenvalue weighted by Crippen LogP contribution is -2.13. The summed E-state index contributed by atoms with van der Waals surface area (Å²) in [6.07, 6.45) is 9.98. The van der Waals surface area contributed by atoms with Crippen molar-refractivity contribution in [3.63, 3.8) is 0 Å². The third kappa shape index (κ3) is 4.50. The highest BCUT2D eigenvalue weighted by molar-refractivity contribution is 5.89. The van der Waals surface area contributed by atoms with Crippen molar-refractivity contribution in [2.24, 2.45) is 5.92 Å². The van der Waals surface area contributed by atoms with Gasteiger partial charge in [-0.2, -0.15) is 0 Å². The second kappa shape index (κ2) is 9.16. The summed E-state index contributed by atoms with van der Waals surface area (Å²) >= 11 is 0. The van der Waals surface area contributed by atoms with E-state index in [-0.39, 0.29) is 11.6 Å². The van der Waals surface area contributed by atoms with E-state index in [0.717, 1.165) is 24.3 Å². The number of phenols is 1. The number of fused-ring (bicyclic) bond motifs is 1. The zero-order valence-corrected chi connectivity index (χ0v) is 17.6. The predicted octanol–water partition coefficient (Wildman–Crippen LogP) is 8.34. The summed E-state index contributed by atoms with van der Waals surface area (Å²) in [6, 6.07) is 13.1. The van der Waals surface area contributed by atoms with Crippen LogP contribution in [0.25, 0.3) is 21.9 Å². The summed E-state index contributed by atoms with van der Waals surface area (Å²) in [6.45, 7) is 2.24. The van der Waals surface area contributed by atoms with Crippen molar-refractivity contribution in [2.75, 3.05) is 0 Å². The van der Waals surface area contributed by atoms with Crippen molar-refractivity contribution in [3.8, 4) is 16.9 Å². The second-order valence-electron chi connectivity index (χ2n) is 8.82. The first-order chi connectivity index (χ1) is 14.5. The van der Waals surface area contributed by atoms with Gasteiger partial charge in [-0.15, -0.1) is 0 Å². The highest BCUT2D eigenvalue weighted by Crippen LogP contribution is 2.39. The molecule has 0 aliphatic heterocycles. The van der Waals surface area contributed by atoms with Gasteiger partial charge in [0.2, 0.25) is 0 Å². The number of hydrogen-bond acceptors (Lipinski definition) is 1. The molecule has 30 heavy (non-hydrogen) atoms. The second-order valence-corrected chi connectivity index (χ2v) is 8.82. The van der Waals surface area contributed by atoms with Gasteiger partial charge >= 0.3 is 0 Å². The molecule has 4 rings (SSSR count). The summed E-state index contributed by atoms with van der Waals surface area (Å²) in [4.78, 5) is 0. The van der Waals surface area contributed by atoms with Crippen molar-refractivity contribution in [1.29, 1.82) is 0 Å². The normalized spacial score (nSPS) is 19.3. The first kappa shape index (κ1) is 20.8. The molecule has 3 aromatic rings. The molecule has 0 bridgehead atoms. The fraction of sp³-hybridized carbons (Fsp3) is 0.407. The molecule has 0 heterocycles. The standard InChI is InChI=1S/C27H30F2O/c1-2-3-4-5-18-6-8-19(9-7-18)20-11-13-24(26(28)15-20)22-14-21-10-12-23(30)17-25(21)27(29)16-22/h10-19,30H,2-9H2,1H3. The summed E-state index contributed by atoms with van der Waals surface area (Å²) in [7, 11) is 0. The Kier molecular flexibility index (Phi) is 6.36. The molecule has 1 saturated carbocycles. The van der Waals surface area contributed by atoms with Gasteiger partial charge in [0.05, 0.1) is 0 Å². The van der Waals surface area contributed by atoms with Crippen molar-refractivity contribution in [3.05, 3.63) is 65.7 Å². The van der Waals surface area contributed by atoms with E-state index in [1.165, 1.54) is 56.7 Å². The molecule has 1 aliphatic rings. The third-order valence-electron chi connectivity index (χ3n) is 6.73. The van der Waals surface area contributed by atoms with Crippen molar-refractivity contribution < 1.29 is 13.9 Å². The monoisotopic (exact) mass is 408 g/mol. The first-order valence-electron chi connectivity index (χ1n) is 11.3. The summed E-state index contributed by atoms with van der Waals surface area (Å²) in [5.74, 6) is 0.521. The third-order valence-corrected chi connectivity index (χ3v) is 6.73. The molecule has 0 saturated heterocycles. The molecule has 0 spiro atoms. The van der Waals surface area contributed by atoms with E-state index < -0.39 is 5.82 Å². The van der Waals surface area contributed by atoms with Gasteiger partial charge in [0, 0.05) is 10.9 Å². The van der Waals surface area contributed by atoms with Gasteiger partial charge in [-0.25, -0.2) is 8.78 Å². The van der Waals surface area contributed by atoms with Gasteiger partial charge < -0.3 is 5.11 Å². The average Bonchev–Trinajstić information content (AvgIpc) is 2.75. The molecule has 3 aromatic carbocycles. The number of benzene rings is 3. The molecule has 0 amide bonds. The number of aromatic hydroxyl groups is 1. The predicted molar refractivity (Wildman–Crippen MR) is 120 cm³/mol. The molecular formula is C27H30F2O. The highest BCUT2D eigenvalue weighted by atomic mass is 19.1. The number of unbranched alkanes of at least 4 members (excludes halogenated alkanes) is 2. The van der Waals surface area contributed by atoms with Crippen LogP contribution in [0, 0.1) is 17.6 Å². The number of phenolic OH excluding ortho intramolecular Hbond substituents is 1. The van der Waals surface area contributed by atoms with Crippen molar-refractivity contribution in [1.82, 2.24) is 0 Å². The van der Waals surface area contributed by atoms with Gasteiger partial charge in [0.15, 0.2) is 0 Å². The summed E-state index contributed by atoms with van der Waals surface area (Å²) < 4.78 is 29.5. The van der Waals surface area contributed by atoms with Crippen LogP contribution >= 0.6 is 0 Å². The van der Waals surface area contributed by atoms with Gasteiger partial charge in [0.1, 0.15) is 17.4 Å². The fourth-order valence-electron chi connectivity index (χ4n) is 4.94. The van der Waals surface area contributed by atoms with Crippen LogP contribution < -0.4 is 0 Å². The molecule has 0 unspecified atom stereocenters. The maximum Gasteiger partial charge on any atom is 0.131 e. The Bertz CT molecular complexity index is 1020. The van der Waals surface area contributed by atoms with Crippen LogP contribution in [0.3, 0.4) is 0 Å². The van der Waals surface area contributed by atoms with Gasteiger partial charge in [-0.3, -0.25) is 0 Å². The highest BCUT2D eigenvalue weighted by Gasteiger charge is 2.23. The van der Waals surface area contributed by atoms with Crippen LogP contribution in [-0.2, 0) is 0 Å². The zero-order valence-electron chi connectivity index (χ0n) is 17.6. The molecule has 158 valence electrons. The number of hydrogen-bond donors (Lipinski definition) is 1. The minimum Gasteiger partial charge on any atom is -0.508 e. The molecule has 0 aromatic heterocycles. The lowest BCUT2D eigenvalue weighted by atomic mass is 9.77. The van der Waals surface area contributed by atoms with E-state index in [4.69, 9.17) is 0 Å². The first-order valence-corrected chi connectivity index (χ1v) is 11.3. The van der Waals surface area contributed by atoms with Gasteiger partial charge in [0.25, 0.3) is 0 Å². The number of rotatable bonds is 6. The van der Waals surface area contributed by atoms with Crippen molar-refractivity contribution in [2.45, 2.75) is 64.2 Å². The van der Waals surface area contributed by atoms with Crippen LogP contribution in [-0.4, -0.2) is 5.11 Å². The summed E-state index contributed by atoms with van der Waals surface area (Å²) in [5, 5.41) is 10.6. The zero-order chi connectivity index (χ0) is 21.1. The maximum atomic E-state index is 15.0. The molecule has 0 radical (unpaired) electrons. The minimum absolute atomic E-state index is 0.0183. The van der Waals surface area contributed by atoms with E-state index >= 15 is 4.39 Å². The molecule has 1 fully saturated rings. The maximum absolute atomic E-state index is 15.0. The lowest BCUT2D eigenvalue weighted by Gasteiger charge is -2.29. The van der Waals surface area contributed by atoms with E-state index in [1.54, 1.807) is 24.3 Å². The average molecular weight is 409 g/mol. The molecule has 1 nitrogen and oxygen atoms in total. The van der Waals surface area contributed by atoms with Crippen molar-refractivity contribution >= 4 is 10.8 Å². The van der Waals surface area contributed by atoms with Gasteiger partial charge in [-0.05, 0) is 84.4 Å². The SMILES string of the molecule is CCCCCC1CCC(c2ccc(-c3cc(F)c4cc(O)ccc4c3)c(F)c2)CC1. The summed E-state index contributed by atoms with van der Waals surface area (Å²) in [5.41, 5.74) is 2.00. The Balaban J connectivity index is 1.50. The molecular weight excluding hydrogens is 378 g/mol. The Morgan fingerprint density at radius 3 is 2.40 bits per heavy atom. The topological polar surface area (TPSA) is 20.2 Å². The smallest absolute Gasteiger partial charge is 0.131 e. The largest absolute Gasteiger partial charge is 0.508 e. The molecule has 0 atom stereocenters. The lowest BCUT2D eigenvalue weighted by molar-refractivity contribution is 0.302. The Morgan fingerprint density at radius 2 is 1.67 bits per heavy atom. The Morgan fingerprint density at radius 1 is 0.867 bits per heavy atom. The molecule has 1 N–H and O–H groups in total. The van der Waals surface area contributed by atoms with Crippen LogP contribution in [0.4, 0.5) is 8.78 Å². The van der Waals surface area contributed by atoms with Crippen LogP contribution in [0.1, 0.15) is 69.8 Å². The van der Waals surface area contributed by atoms with E-state index in [2.05, 4.69) is 6.92 Å². The van der Waals surface area contributed by atoms with Gasteiger partial charge in [-0.1, -0.05) is 50.8 Å². The van der Waals surface area contributed by atoms with Crippen LogP contribution in [0.15, 0.2) is 48.5 Å². The van der Waals surface area contributed by atoms with E-state index in [0.29, 0.717) is 27.8 Å². The van der Waals surface area contributed by atoms with E-state index in [1.807, 2.05) is 6.07 Å². The fourth-order valence-corrected chi connectivity index (χ4v) is 4.94. The van der Waals surface area contributed by atoms with E-state index in [9.17, 15) is 9.50 Å². The van der Waals surface area contributed by atoms with Crippen LogP contribution in [0.5, 0.6) is 5.75 Å². The number of halogens is 2. The Labute approximate surface area is 177 Å². The molecule has 1 aliphatic carbocycles. The molecule has 3 heteroatoms. The minimum atomic E-state index is -0.455.